The summed E-state index contributed by atoms with van der Waals surface area (Å²) in [6.45, 7) is 5.67. The molecule has 14 heavy (non-hydrogen) atoms. The molecule has 0 atom stereocenters. The summed E-state index contributed by atoms with van der Waals surface area (Å²) in [5.41, 5.74) is -0.120. The van der Waals surface area contributed by atoms with Crippen molar-refractivity contribution in [2.24, 2.45) is 0 Å². The van der Waals surface area contributed by atoms with E-state index < -0.39 is 0 Å². The fourth-order valence-corrected chi connectivity index (χ4v) is 2.09. The smallest absolute Gasteiger partial charge is 0.354 e. The van der Waals surface area contributed by atoms with E-state index in [0.717, 1.165) is 13.2 Å². The van der Waals surface area contributed by atoms with E-state index in [2.05, 4.69) is 0 Å². The van der Waals surface area contributed by atoms with Gasteiger partial charge in [0.25, 0.3) is 0 Å². The fourth-order valence-electron chi connectivity index (χ4n) is 1.59. The highest BCUT2D eigenvalue weighted by Crippen LogP contribution is 2.33. The third-order valence-corrected chi connectivity index (χ3v) is 3.13. The monoisotopic (exact) mass is 238 g/mol. The van der Waals surface area contributed by atoms with E-state index in [-0.39, 0.29) is 5.54 Å². The van der Waals surface area contributed by atoms with E-state index in [0.29, 0.717) is 5.82 Å². The molecule has 0 aromatic carbocycles. The molecule has 4 heteroatoms. The molecule has 0 bridgehead atoms. The Hall–Kier alpha value is 0.605. The van der Waals surface area contributed by atoms with Crippen LogP contribution in [0, 0.1) is 0 Å². The summed E-state index contributed by atoms with van der Waals surface area (Å²) >= 11 is 11.4. The second kappa shape index (κ2) is 10.1. The molecule has 0 N–H and O–H groups in total. The number of hydrogen-bond donors (Lipinski definition) is 0. The van der Waals surface area contributed by atoms with Gasteiger partial charge in [0.15, 0.2) is 0 Å². The van der Waals surface area contributed by atoms with Gasteiger partial charge in [-0.3, -0.25) is 0 Å². The zero-order valence-corrected chi connectivity index (χ0v) is 10.8. The van der Waals surface area contributed by atoms with Crippen LogP contribution in [0.15, 0.2) is 0 Å². The minimum absolute atomic E-state index is 0.120. The van der Waals surface area contributed by atoms with E-state index >= 15 is 0 Å². The SMILES string of the molecule is CCOCC.ClB(Cl)C1CCCCC1. The van der Waals surface area contributed by atoms with Crippen LogP contribution in [-0.2, 0) is 4.74 Å². The maximum atomic E-state index is 5.72. The van der Waals surface area contributed by atoms with Crippen molar-refractivity contribution in [3.8, 4) is 0 Å². The predicted molar refractivity (Wildman–Crippen MR) is 66.5 cm³/mol. The topological polar surface area (TPSA) is 9.23 Å². The minimum Gasteiger partial charge on any atom is -0.382 e. The Morgan fingerprint density at radius 1 is 1.07 bits per heavy atom. The molecule has 0 radical (unpaired) electrons. The highest BCUT2D eigenvalue weighted by molar-refractivity contribution is 7.34. The van der Waals surface area contributed by atoms with Gasteiger partial charge in [0, 0.05) is 13.2 Å². The minimum atomic E-state index is -0.120. The molecule has 1 saturated carbocycles. The summed E-state index contributed by atoms with van der Waals surface area (Å²) < 4.78 is 4.83. The van der Waals surface area contributed by atoms with Crippen LogP contribution in [0.25, 0.3) is 0 Å². The molecule has 0 unspecified atom stereocenters. The Kier molecular flexibility index (Phi) is 10.6. The lowest BCUT2D eigenvalue weighted by Crippen LogP contribution is -2.10. The number of hydrogen-bond acceptors (Lipinski definition) is 1. The Bertz CT molecular complexity index is 115. The van der Waals surface area contributed by atoms with Gasteiger partial charge in [0.05, 0.1) is 0 Å². The fraction of sp³-hybridized carbons (Fsp3) is 1.00. The zero-order chi connectivity index (χ0) is 10.8. The van der Waals surface area contributed by atoms with Crippen molar-refractivity contribution in [2.45, 2.75) is 51.8 Å². The quantitative estimate of drug-likeness (QED) is 0.666. The predicted octanol–water partition coefficient (Wildman–Crippen LogP) is 4.33. The summed E-state index contributed by atoms with van der Waals surface area (Å²) in [5, 5.41) is 0. The lowest BCUT2D eigenvalue weighted by molar-refractivity contribution is 0.162. The van der Waals surface area contributed by atoms with E-state index in [1.807, 2.05) is 13.8 Å². The first kappa shape index (κ1) is 14.6. The van der Waals surface area contributed by atoms with Gasteiger partial charge in [0.2, 0.25) is 0 Å². The standard InChI is InChI=1S/C6H11BCl2.C4H10O/c8-7(9)6-4-2-1-3-5-6;1-3-5-4-2/h6H,1-5H2;3-4H2,1-2H3. The third-order valence-electron chi connectivity index (χ3n) is 2.41. The van der Waals surface area contributed by atoms with Gasteiger partial charge in [-0.15, -0.1) is 0 Å². The van der Waals surface area contributed by atoms with Crippen molar-refractivity contribution in [1.29, 1.82) is 0 Å². The van der Waals surface area contributed by atoms with Crippen molar-refractivity contribution in [3.05, 3.63) is 0 Å². The van der Waals surface area contributed by atoms with Crippen LogP contribution >= 0.6 is 22.9 Å². The summed E-state index contributed by atoms with van der Waals surface area (Å²) in [5.74, 6) is 0.585. The molecular formula is C10H21BCl2O. The molecule has 0 aliphatic heterocycles. The van der Waals surface area contributed by atoms with Crippen molar-refractivity contribution in [2.75, 3.05) is 13.2 Å². The first-order valence-corrected chi connectivity index (χ1v) is 6.45. The van der Waals surface area contributed by atoms with Crippen LogP contribution in [0.4, 0.5) is 0 Å². The summed E-state index contributed by atoms with van der Waals surface area (Å²) in [7, 11) is 0. The van der Waals surface area contributed by atoms with Gasteiger partial charge in [-0.25, -0.2) is 0 Å². The Morgan fingerprint density at radius 3 is 1.79 bits per heavy atom. The highest BCUT2D eigenvalue weighted by Gasteiger charge is 2.23. The highest BCUT2D eigenvalue weighted by atomic mass is 35.5. The lowest BCUT2D eigenvalue weighted by atomic mass is 9.73. The summed E-state index contributed by atoms with van der Waals surface area (Å²) in [6, 6.07) is 0. The maximum absolute atomic E-state index is 5.72. The van der Waals surface area contributed by atoms with Gasteiger partial charge < -0.3 is 4.74 Å². The van der Waals surface area contributed by atoms with E-state index in [4.69, 9.17) is 27.7 Å². The molecule has 84 valence electrons. The molecule has 1 aliphatic carbocycles. The average molecular weight is 239 g/mol. The first-order valence-electron chi connectivity index (χ1n) is 5.58. The normalized spacial score (nSPS) is 17.1. The molecular weight excluding hydrogens is 218 g/mol. The Labute approximate surface area is 98.4 Å². The molecule has 0 saturated heterocycles. The summed E-state index contributed by atoms with van der Waals surface area (Å²) in [6.07, 6.45) is 6.48. The van der Waals surface area contributed by atoms with Gasteiger partial charge >= 0.3 is 5.54 Å². The maximum Gasteiger partial charge on any atom is 0.354 e. The Balaban J connectivity index is 0.000000292. The first-order chi connectivity index (χ1) is 6.72. The molecule has 1 rings (SSSR count). The molecule has 1 nitrogen and oxygen atoms in total. The second-order valence-corrected chi connectivity index (χ2v) is 4.68. The molecule has 1 aliphatic rings. The van der Waals surface area contributed by atoms with Gasteiger partial charge in [0.1, 0.15) is 0 Å². The van der Waals surface area contributed by atoms with Gasteiger partial charge in [-0.2, -0.15) is 22.9 Å². The second-order valence-electron chi connectivity index (χ2n) is 3.51. The molecule has 0 aromatic rings. The van der Waals surface area contributed by atoms with Crippen LogP contribution < -0.4 is 0 Å². The van der Waals surface area contributed by atoms with Crippen LogP contribution in [0.1, 0.15) is 46.0 Å². The van der Waals surface area contributed by atoms with Crippen molar-refractivity contribution >= 4 is 28.5 Å². The van der Waals surface area contributed by atoms with E-state index in [1.165, 1.54) is 32.1 Å². The zero-order valence-electron chi connectivity index (χ0n) is 9.27. The van der Waals surface area contributed by atoms with Crippen molar-refractivity contribution in [3.63, 3.8) is 0 Å². The van der Waals surface area contributed by atoms with Crippen molar-refractivity contribution < 1.29 is 4.74 Å². The Morgan fingerprint density at radius 2 is 1.57 bits per heavy atom. The largest absolute Gasteiger partial charge is 0.382 e. The summed E-state index contributed by atoms with van der Waals surface area (Å²) in [4.78, 5) is 0. The van der Waals surface area contributed by atoms with E-state index in [1.54, 1.807) is 0 Å². The average Bonchev–Trinajstić information content (AvgIpc) is 2.21. The third kappa shape index (κ3) is 7.96. The van der Waals surface area contributed by atoms with Crippen LogP contribution in [0.5, 0.6) is 0 Å². The molecule has 0 aromatic heterocycles. The number of ether oxygens (including phenoxy) is 1. The van der Waals surface area contributed by atoms with Gasteiger partial charge in [-0.1, -0.05) is 32.1 Å². The number of rotatable bonds is 3. The van der Waals surface area contributed by atoms with Crippen molar-refractivity contribution in [1.82, 2.24) is 0 Å². The van der Waals surface area contributed by atoms with Crippen LogP contribution in [0.2, 0.25) is 5.82 Å². The molecule has 0 heterocycles. The van der Waals surface area contributed by atoms with E-state index in [9.17, 15) is 0 Å². The van der Waals surface area contributed by atoms with Gasteiger partial charge in [-0.05, 0) is 19.7 Å². The molecule has 1 fully saturated rings. The van der Waals surface area contributed by atoms with Crippen LogP contribution in [-0.4, -0.2) is 18.8 Å². The molecule has 0 amide bonds. The lowest BCUT2D eigenvalue weighted by Gasteiger charge is -2.19. The molecule has 0 spiro atoms. The van der Waals surface area contributed by atoms with Crippen LogP contribution in [0.3, 0.4) is 0 Å². The number of halogens is 2.